The number of para-hydroxylation sites is 1. The van der Waals surface area contributed by atoms with Crippen LogP contribution in [0.4, 0.5) is 10.9 Å². The second-order valence-electron chi connectivity index (χ2n) is 7.88. The molecule has 0 fully saturated rings. The molecular weight excluding hydrogens is 434 g/mol. The van der Waals surface area contributed by atoms with E-state index in [1.165, 1.54) is 16.9 Å². The zero-order valence-corrected chi connectivity index (χ0v) is 19.4. The quantitative estimate of drug-likeness (QED) is 0.405. The molecule has 0 unspecified atom stereocenters. The lowest BCUT2D eigenvalue weighted by Crippen LogP contribution is -2.21. The van der Waals surface area contributed by atoms with Crippen LogP contribution >= 0.6 is 11.3 Å². The highest BCUT2D eigenvalue weighted by Crippen LogP contribution is 2.44. The molecule has 0 bridgehead atoms. The van der Waals surface area contributed by atoms with Gasteiger partial charge in [-0.05, 0) is 50.5 Å². The summed E-state index contributed by atoms with van der Waals surface area (Å²) in [7, 11) is 0. The largest absolute Gasteiger partial charge is 0.370 e. The van der Waals surface area contributed by atoms with Gasteiger partial charge in [0.2, 0.25) is 5.91 Å². The van der Waals surface area contributed by atoms with E-state index in [9.17, 15) is 4.79 Å². The zero-order valence-electron chi connectivity index (χ0n) is 18.6. The smallest absolute Gasteiger partial charge is 0.239 e. The van der Waals surface area contributed by atoms with Gasteiger partial charge in [0.15, 0.2) is 5.13 Å². The molecule has 0 saturated heterocycles. The summed E-state index contributed by atoms with van der Waals surface area (Å²) < 4.78 is 2.02. The number of amides is 1. The van der Waals surface area contributed by atoms with Crippen molar-refractivity contribution in [3.63, 3.8) is 0 Å². The monoisotopic (exact) mass is 459 g/mol. The number of nitrogens with one attached hydrogen (secondary N) is 2. The molecule has 5 rings (SSSR count). The molecule has 1 amide bonds. The first-order valence-electron chi connectivity index (χ1n) is 11.0. The number of benzene rings is 1. The summed E-state index contributed by atoms with van der Waals surface area (Å²) in [5.74, 6) is 0.597. The third-order valence-corrected chi connectivity index (χ3v) is 6.70. The summed E-state index contributed by atoms with van der Waals surface area (Å²) in [6, 6.07) is 12.2. The van der Waals surface area contributed by atoms with Crippen LogP contribution in [0.2, 0.25) is 0 Å². The molecule has 0 radical (unpaired) electrons. The Hall–Kier alpha value is -3.56. The molecule has 3 heterocycles. The van der Waals surface area contributed by atoms with Crippen molar-refractivity contribution >= 4 is 28.2 Å². The van der Waals surface area contributed by atoms with Crippen molar-refractivity contribution in [2.45, 2.75) is 26.7 Å². The molecule has 9 heteroatoms. The van der Waals surface area contributed by atoms with Crippen LogP contribution < -0.4 is 16.4 Å². The van der Waals surface area contributed by atoms with Crippen molar-refractivity contribution in [1.82, 2.24) is 19.7 Å². The van der Waals surface area contributed by atoms with Crippen molar-refractivity contribution in [1.29, 1.82) is 0 Å². The van der Waals surface area contributed by atoms with E-state index in [4.69, 9.17) is 10.8 Å². The molecule has 4 N–H and O–H groups in total. The minimum absolute atomic E-state index is 0.0727. The van der Waals surface area contributed by atoms with Crippen molar-refractivity contribution in [2.75, 3.05) is 23.7 Å². The second-order valence-corrected chi connectivity index (χ2v) is 8.88. The Morgan fingerprint density at radius 3 is 2.79 bits per heavy atom. The molecule has 4 aromatic rings. The molecule has 0 spiro atoms. The summed E-state index contributed by atoms with van der Waals surface area (Å²) in [5, 5.41) is 11.7. The average Bonchev–Trinajstić information content (AvgIpc) is 3.41. The SMILES string of the molecule is CCNc1ccc(-c2nn(-c3ccccc3C)c3c2CCc2nc(NC(=O)CN)sc2-3)cn1. The maximum atomic E-state index is 11.8. The number of nitrogens with two attached hydrogens (primary N) is 1. The normalized spacial score (nSPS) is 12.2. The van der Waals surface area contributed by atoms with E-state index in [1.807, 2.05) is 36.0 Å². The summed E-state index contributed by atoms with van der Waals surface area (Å²) >= 11 is 1.47. The Kier molecular flexibility index (Phi) is 5.65. The van der Waals surface area contributed by atoms with E-state index in [0.717, 1.165) is 64.0 Å². The van der Waals surface area contributed by atoms with Gasteiger partial charge in [-0.2, -0.15) is 5.10 Å². The van der Waals surface area contributed by atoms with Gasteiger partial charge in [-0.3, -0.25) is 4.79 Å². The number of rotatable bonds is 6. The van der Waals surface area contributed by atoms with Crippen molar-refractivity contribution in [3.05, 3.63) is 59.4 Å². The molecule has 3 aromatic heterocycles. The van der Waals surface area contributed by atoms with Crippen LogP contribution in [-0.4, -0.2) is 38.7 Å². The van der Waals surface area contributed by atoms with Crippen LogP contribution in [0.3, 0.4) is 0 Å². The summed E-state index contributed by atoms with van der Waals surface area (Å²) in [4.78, 5) is 22.1. The molecule has 168 valence electrons. The molecule has 0 saturated carbocycles. The topological polar surface area (TPSA) is 111 Å². The molecule has 1 aromatic carbocycles. The van der Waals surface area contributed by atoms with E-state index < -0.39 is 0 Å². The second kappa shape index (κ2) is 8.76. The Bertz CT molecular complexity index is 1320. The van der Waals surface area contributed by atoms with Crippen molar-refractivity contribution in [3.8, 4) is 27.5 Å². The molecular formula is C24H25N7OS. The number of fused-ring (bicyclic) bond motifs is 3. The number of aromatic nitrogens is 4. The molecule has 8 nitrogen and oxygen atoms in total. The van der Waals surface area contributed by atoms with Crippen LogP contribution in [0.1, 0.15) is 23.7 Å². The number of hydrogen-bond donors (Lipinski definition) is 3. The van der Waals surface area contributed by atoms with E-state index in [1.54, 1.807) is 0 Å². The number of thiazole rings is 1. The van der Waals surface area contributed by atoms with Gasteiger partial charge >= 0.3 is 0 Å². The maximum absolute atomic E-state index is 11.8. The Morgan fingerprint density at radius 2 is 2.06 bits per heavy atom. The minimum Gasteiger partial charge on any atom is -0.370 e. The van der Waals surface area contributed by atoms with Gasteiger partial charge in [0, 0.05) is 23.9 Å². The molecule has 0 aliphatic heterocycles. The Balaban J connectivity index is 1.68. The van der Waals surface area contributed by atoms with Crippen molar-refractivity contribution < 1.29 is 4.79 Å². The predicted octanol–water partition coefficient (Wildman–Crippen LogP) is 3.79. The highest BCUT2D eigenvalue weighted by atomic mass is 32.1. The van der Waals surface area contributed by atoms with Crippen LogP contribution in [0.5, 0.6) is 0 Å². The van der Waals surface area contributed by atoms with E-state index in [0.29, 0.717) is 5.13 Å². The van der Waals surface area contributed by atoms with Crippen LogP contribution in [0.25, 0.3) is 27.5 Å². The Labute approximate surface area is 195 Å². The lowest BCUT2D eigenvalue weighted by Gasteiger charge is -2.15. The third kappa shape index (κ3) is 3.90. The fourth-order valence-corrected chi connectivity index (χ4v) is 5.21. The first kappa shape index (κ1) is 21.3. The summed E-state index contributed by atoms with van der Waals surface area (Å²) in [6.07, 6.45) is 3.47. The molecule has 1 aliphatic carbocycles. The number of carbonyl (C=O) groups is 1. The first-order chi connectivity index (χ1) is 16.1. The van der Waals surface area contributed by atoms with E-state index in [2.05, 4.69) is 45.7 Å². The molecule has 0 atom stereocenters. The van der Waals surface area contributed by atoms with Gasteiger partial charge in [0.05, 0.1) is 34.2 Å². The third-order valence-electron chi connectivity index (χ3n) is 5.68. The maximum Gasteiger partial charge on any atom is 0.239 e. The summed E-state index contributed by atoms with van der Waals surface area (Å²) in [5.41, 5.74) is 12.7. The molecule has 33 heavy (non-hydrogen) atoms. The highest BCUT2D eigenvalue weighted by molar-refractivity contribution is 7.19. The van der Waals surface area contributed by atoms with Gasteiger partial charge in [-0.15, -0.1) is 0 Å². The lowest BCUT2D eigenvalue weighted by atomic mass is 9.95. The number of pyridine rings is 1. The first-order valence-corrected chi connectivity index (χ1v) is 11.8. The van der Waals surface area contributed by atoms with Gasteiger partial charge in [0.25, 0.3) is 0 Å². The summed E-state index contributed by atoms with van der Waals surface area (Å²) in [6.45, 7) is 4.88. The molecule has 1 aliphatic rings. The fourth-order valence-electron chi connectivity index (χ4n) is 4.12. The number of anilines is 2. The number of nitrogens with zero attached hydrogens (tertiary/aromatic N) is 4. The van der Waals surface area contributed by atoms with Gasteiger partial charge < -0.3 is 16.4 Å². The van der Waals surface area contributed by atoms with Crippen LogP contribution in [0.15, 0.2) is 42.6 Å². The van der Waals surface area contributed by atoms with Crippen LogP contribution in [0, 0.1) is 6.92 Å². The van der Waals surface area contributed by atoms with E-state index >= 15 is 0 Å². The van der Waals surface area contributed by atoms with Crippen LogP contribution in [-0.2, 0) is 17.6 Å². The number of hydrogen-bond acceptors (Lipinski definition) is 7. The van der Waals surface area contributed by atoms with Gasteiger partial charge in [-0.25, -0.2) is 14.6 Å². The Morgan fingerprint density at radius 1 is 1.21 bits per heavy atom. The lowest BCUT2D eigenvalue weighted by molar-refractivity contribution is -0.114. The van der Waals surface area contributed by atoms with Crippen molar-refractivity contribution in [2.24, 2.45) is 5.73 Å². The van der Waals surface area contributed by atoms with Gasteiger partial charge in [-0.1, -0.05) is 29.5 Å². The standard InChI is InChI=1S/C24H25N7OS/c1-3-26-19-11-8-15(13-27-19)21-16-9-10-17-23(33-24(28-17)29-20(32)12-25)22(16)31(30-21)18-7-5-4-6-14(18)2/h4-8,11,13H,3,9-10,12,25H2,1-2H3,(H,26,27)(H,28,29,32). The zero-order chi connectivity index (χ0) is 22.9. The average molecular weight is 460 g/mol. The highest BCUT2D eigenvalue weighted by Gasteiger charge is 2.30. The number of carbonyl (C=O) groups excluding carboxylic acids is 1. The van der Waals surface area contributed by atoms with E-state index in [-0.39, 0.29) is 12.5 Å². The fraction of sp³-hybridized carbons (Fsp3) is 0.250. The predicted molar refractivity (Wildman–Crippen MR) is 132 cm³/mol. The van der Waals surface area contributed by atoms with Gasteiger partial charge in [0.1, 0.15) is 5.82 Å². The number of aryl methyl sites for hydroxylation is 2. The minimum atomic E-state index is -0.249.